The summed E-state index contributed by atoms with van der Waals surface area (Å²) in [5.41, 5.74) is 7.23. The summed E-state index contributed by atoms with van der Waals surface area (Å²) in [5.74, 6) is 0.708. The van der Waals surface area contributed by atoms with Gasteiger partial charge in [0.2, 0.25) is 0 Å². The van der Waals surface area contributed by atoms with Crippen LogP contribution in [0.2, 0.25) is 0 Å². The Morgan fingerprint density at radius 1 is 0.250 bits per heavy atom. The zero-order chi connectivity index (χ0) is 36.7. The highest BCUT2D eigenvalue weighted by Crippen LogP contribution is 2.45. The minimum Gasteiger partial charge on any atom is -0.228 e. The van der Waals surface area contributed by atoms with Crippen LogP contribution in [-0.2, 0) is 0 Å². The second-order valence-electron chi connectivity index (χ2n) is 14.9. The van der Waals surface area contributed by atoms with Crippen molar-refractivity contribution in [3.63, 3.8) is 0 Å². The fourth-order valence-electron chi connectivity index (χ4n) is 9.29. The maximum absolute atomic E-state index is 5.32. The van der Waals surface area contributed by atoms with E-state index < -0.39 is 0 Å². The Bertz CT molecular complexity index is 3520. The summed E-state index contributed by atoms with van der Waals surface area (Å²) < 4.78 is 0. The van der Waals surface area contributed by atoms with Gasteiger partial charge in [-0.05, 0) is 105 Å². The van der Waals surface area contributed by atoms with E-state index in [1.54, 1.807) is 0 Å². The largest absolute Gasteiger partial charge is 0.228 e. The van der Waals surface area contributed by atoms with E-state index in [0.717, 1.165) is 39.2 Å². The van der Waals surface area contributed by atoms with Gasteiger partial charge in [0.15, 0.2) is 5.82 Å². The smallest absolute Gasteiger partial charge is 0.160 e. The third-order valence-electron chi connectivity index (χ3n) is 11.8. The SMILES string of the molecule is c1ccc(-c2nc(-c3ccccc3-c3cc4ccc5cccc6c7cccc8ccc9cccc(c(c3)c4c56)c9c87)cc(-c3cccc4ccccc34)n2)cc1. The van der Waals surface area contributed by atoms with Crippen LogP contribution >= 0.6 is 0 Å². The molecule has 0 unspecified atom stereocenters. The standard InChI is InChI=1S/C54H32N2/c1-2-13-37(14-3-1)54-55-48(32-49(56-54)43-22-8-15-33-12-4-5-19-40(33)43)42-21-7-6-20-41(42)39-30-38-29-28-36-17-10-24-45-44-23-9-16-34-26-27-35-18-11-25-46(52(35)50(34)44)47(31-39)53(38)51(36)45/h1-32H. The lowest BCUT2D eigenvalue weighted by Crippen LogP contribution is -1.97. The van der Waals surface area contributed by atoms with E-state index in [2.05, 4.69) is 188 Å². The maximum atomic E-state index is 5.32. The first-order valence-electron chi connectivity index (χ1n) is 19.2. The number of nitrogens with zero attached hydrogens (tertiary/aromatic N) is 2. The molecule has 11 aromatic carbocycles. The molecule has 258 valence electrons. The third kappa shape index (κ3) is 4.63. The van der Waals surface area contributed by atoms with Crippen LogP contribution < -0.4 is 0 Å². The molecule has 0 saturated heterocycles. The van der Waals surface area contributed by atoms with E-state index in [1.807, 2.05) is 6.07 Å². The fourth-order valence-corrected chi connectivity index (χ4v) is 9.29. The van der Waals surface area contributed by atoms with Gasteiger partial charge >= 0.3 is 0 Å². The van der Waals surface area contributed by atoms with E-state index in [4.69, 9.17) is 9.97 Å². The zero-order valence-electron chi connectivity index (χ0n) is 30.4. The lowest BCUT2D eigenvalue weighted by Gasteiger charge is -2.18. The minimum atomic E-state index is 0.708. The first kappa shape index (κ1) is 31.0. The molecule has 0 aliphatic heterocycles. The molecule has 0 saturated carbocycles. The number of rotatable bonds is 4. The lowest BCUT2D eigenvalue weighted by molar-refractivity contribution is 1.19. The van der Waals surface area contributed by atoms with Crippen LogP contribution in [0, 0.1) is 0 Å². The lowest BCUT2D eigenvalue weighted by atomic mass is 9.86. The Morgan fingerprint density at radius 2 is 0.714 bits per heavy atom. The monoisotopic (exact) mass is 708 g/mol. The highest BCUT2D eigenvalue weighted by atomic mass is 14.9. The topological polar surface area (TPSA) is 25.8 Å². The second-order valence-corrected chi connectivity index (χ2v) is 14.9. The first-order chi connectivity index (χ1) is 27.8. The normalized spacial score (nSPS) is 11.9. The van der Waals surface area contributed by atoms with Gasteiger partial charge in [-0.3, -0.25) is 0 Å². The molecule has 2 nitrogen and oxygen atoms in total. The Labute approximate surface area is 323 Å². The quantitative estimate of drug-likeness (QED) is 0.170. The molecule has 0 aliphatic carbocycles. The molecule has 0 aliphatic rings. The number of fused-ring (bicyclic) bond motifs is 3. The van der Waals surface area contributed by atoms with Crippen LogP contribution in [0.3, 0.4) is 0 Å². The van der Waals surface area contributed by atoms with E-state index in [0.29, 0.717) is 5.82 Å². The molecule has 0 radical (unpaired) electrons. The van der Waals surface area contributed by atoms with Gasteiger partial charge in [0.05, 0.1) is 11.4 Å². The summed E-state index contributed by atoms with van der Waals surface area (Å²) in [6.07, 6.45) is 0. The second kappa shape index (κ2) is 12.0. The highest BCUT2D eigenvalue weighted by Gasteiger charge is 2.19. The van der Waals surface area contributed by atoms with Crippen molar-refractivity contribution in [1.29, 1.82) is 0 Å². The molecule has 12 aromatic rings. The van der Waals surface area contributed by atoms with Crippen molar-refractivity contribution >= 4 is 75.4 Å². The van der Waals surface area contributed by atoms with Crippen LogP contribution in [0.1, 0.15) is 0 Å². The van der Waals surface area contributed by atoms with E-state index in [-0.39, 0.29) is 0 Å². The molecule has 2 heteroatoms. The van der Waals surface area contributed by atoms with Gasteiger partial charge in [-0.15, -0.1) is 0 Å². The van der Waals surface area contributed by atoms with Gasteiger partial charge in [-0.2, -0.15) is 0 Å². The van der Waals surface area contributed by atoms with Gasteiger partial charge in [0.1, 0.15) is 0 Å². The van der Waals surface area contributed by atoms with Gasteiger partial charge in [-0.1, -0.05) is 176 Å². The average molecular weight is 709 g/mol. The van der Waals surface area contributed by atoms with Crippen molar-refractivity contribution in [3.05, 3.63) is 194 Å². The van der Waals surface area contributed by atoms with E-state index in [1.165, 1.54) is 75.4 Å². The van der Waals surface area contributed by atoms with Crippen LogP contribution in [0.15, 0.2) is 194 Å². The van der Waals surface area contributed by atoms with Crippen molar-refractivity contribution < 1.29 is 0 Å². The molecule has 0 atom stereocenters. The molecule has 12 rings (SSSR count). The van der Waals surface area contributed by atoms with E-state index >= 15 is 0 Å². The molecular weight excluding hydrogens is 677 g/mol. The molecule has 0 amide bonds. The van der Waals surface area contributed by atoms with Gasteiger partial charge in [0.25, 0.3) is 0 Å². The van der Waals surface area contributed by atoms with Crippen LogP contribution in [0.4, 0.5) is 0 Å². The third-order valence-corrected chi connectivity index (χ3v) is 11.8. The predicted octanol–water partition coefficient (Wildman–Crippen LogP) is 14.7. The summed E-state index contributed by atoms with van der Waals surface area (Å²) in [6, 6.07) is 70.5. The molecule has 1 heterocycles. The first-order valence-corrected chi connectivity index (χ1v) is 19.2. The summed E-state index contributed by atoms with van der Waals surface area (Å²) in [4.78, 5) is 10.5. The predicted molar refractivity (Wildman–Crippen MR) is 238 cm³/mol. The molecule has 0 fully saturated rings. The minimum absolute atomic E-state index is 0.708. The summed E-state index contributed by atoms with van der Waals surface area (Å²) in [7, 11) is 0. The summed E-state index contributed by atoms with van der Waals surface area (Å²) in [6.45, 7) is 0. The van der Waals surface area contributed by atoms with Gasteiger partial charge < -0.3 is 0 Å². The Kier molecular flexibility index (Phi) is 6.66. The van der Waals surface area contributed by atoms with Crippen LogP contribution in [0.25, 0.3) is 120 Å². The Hall–Kier alpha value is -7.42. The maximum Gasteiger partial charge on any atom is 0.160 e. The Balaban J connectivity index is 1.18. The van der Waals surface area contributed by atoms with E-state index in [9.17, 15) is 0 Å². The number of benzene rings is 10. The fraction of sp³-hybridized carbons (Fsp3) is 0. The molecule has 1 aromatic heterocycles. The molecule has 0 spiro atoms. The van der Waals surface area contributed by atoms with Crippen molar-refractivity contribution in [1.82, 2.24) is 9.97 Å². The van der Waals surface area contributed by atoms with Crippen molar-refractivity contribution in [2.75, 3.05) is 0 Å². The van der Waals surface area contributed by atoms with Crippen LogP contribution in [0.5, 0.6) is 0 Å². The Morgan fingerprint density at radius 3 is 1.41 bits per heavy atom. The van der Waals surface area contributed by atoms with Gasteiger partial charge in [-0.25, -0.2) is 9.97 Å². The number of hydrogen-bond donors (Lipinski definition) is 0. The van der Waals surface area contributed by atoms with Crippen molar-refractivity contribution in [2.24, 2.45) is 0 Å². The van der Waals surface area contributed by atoms with Crippen molar-refractivity contribution in [2.45, 2.75) is 0 Å². The van der Waals surface area contributed by atoms with Crippen molar-refractivity contribution in [3.8, 4) is 45.0 Å². The average Bonchev–Trinajstić information content (AvgIpc) is 3.27. The summed E-state index contributed by atoms with van der Waals surface area (Å²) >= 11 is 0. The molecular formula is C54H32N2. The molecule has 0 bridgehead atoms. The highest BCUT2D eigenvalue weighted by molar-refractivity contribution is 6.37. The van der Waals surface area contributed by atoms with Crippen LogP contribution in [-0.4, -0.2) is 9.97 Å². The summed E-state index contributed by atoms with van der Waals surface area (Å²) in [5, 5.41) is 17.7. The number of hydrogen-bond acceptors (Lipinski definition) is 2. The molecule has 0 N–H and O–H groups in total. The number of aromatic nitrogens is 2. The van der Waals surface area contributed by atoms with Gasteiger partial charge in [0, 0.05) is 16.7 Å². The molecule has 56 heavy (non-hydrogen) atoms. The zero-order valence-corrected chi connectivity index (χ0v) is 30.4.